The number of halogens is 1. The van der Waals surface area contributed by atoms with Gasteiger partial charge in [-0.15, -0.1) is 0 Å². The van der Waals surface area contributed by atoms with Gasteiger partial charge in [0.05, 0.1) is 5.92 Å². The van der Waals surface area contributed by atoms with Gasteiger partial charge in [-0.2, -0.15) is 15.0 Å². The van der Waals surface area contributed by atoms with Gasteiger partial charge in [-0.3, -0.25) is 4.79 Å². The molecule has 1 aromatic heterocycles. The first-order valence-corrected chi connectivity index (χ1v) is 9.15. The SMILES string of the molecule is O=C(O)C1CCC(Nc2nc(Cl)nc(NC3CCCCC3)n2)CC1. The number of hydrogen-bond donors (Lipinski definition) is 3. The molecule has 0 atom stereocenters. The molecule has 3 rings (SSSR count). The first-order chi connectivity index (χ1) is 11.6. The molecule has 2 fully saturated rings. The average Bonchev–Trinajstić information content (AvgIpc) is 2.55. The summed E-state index contributed by atoms with van der Waals surface area (Å²) < 4.78 is 0. The van der Waals surface area contributed by atoms with E-state index in [-0.39, 0.29) is 17.2 Å². The van der Waals surface area contributed by atoms with Gasteiger partial charge in [0.1, 0.15) is 0 Å². The molecule has 1 aromatic rings. The fourth-order valence-corrected chi connectivity index (χ4v) is 3.74. The zero-order chi connectivity index (χ0) is 16.9. The van der Waals surface area contributed by atoms with Crippen LogP contribution in [0.15, 0.2) is 0 Å². The number of aliphatic carboxylic acids is 1. The quantitative estimate of drug-likeness (QED) is 0.746. The molecule has 2 aliphatic rings. The molecule has 0 aromatic carbocycles. The summed E-state index contributed by atoms with van der Waals surface area (Å²) in [6, 6.07) is 0.581. The predicted octanol–water partition coefficient (Wildman–Crippen LogP) is 3.32. The summed E-state index contributed by atoms with van der Waals surface area (Å²) in [5.74, 6) is 0.0554. The molecule has 24 heavy (non-hydrogen) atoms. The van der Waals surface area contributed by atoms with Crippen molar-refractivity contribution in [2.24, 2.45) is 5.92 Å². The lowest BCUT2D eigenvalue weighted by atomic mass is 9.86. The lowest BCUT2D eigenvalue weighted by Gasteiger charge is -2.27. The van der Waals surface area contributed by atoms with Crippen LogP contribution in [-0.2, 0) is 4.79 Å². The van der Waals surface area contributed by atoms with Crippen molar-refractivity contribution in [1.82, 2.24) is 15.0 Å². The van der Waals surface area contributed by atoms with Crippen molar-refractivity contribution in [2.75, 3.05) is 10.6 Å². The number of carbonyl (C=O) groups is 1. The van der Waals surface area contributed by atoms with E-state index in [1.807, 2.05) is 0 Å². The van der Waals surface area contributed by atoms with Gasteiger partial charge >= 0.3 is 5.97 Å². The zero-order valence-electron chi connectivity index (χ0n) is 13.7. The molecule has 1 heterocycles. The first kappa shape index (κ1) is 17.2. The third-order valence-corrected chi connectivity index (χ3v) is 5.13. The topological polar surface area (TPSA) is 100 Å². The van der Waals surface area contributed by atoms with E-state index in [4.69, 9.17) is 16.7 Å². The largest absolute Gasteiger partial charge is 0.481 e. The lowest BCUT2D eigenvalue weighted by molar-refractivity contribution is -0.142. The van der Waals surface area contributed by atoms with Crippen LogP contribution in [0.5, 0.6) is 0 Å². The molecule has 0 aliphatic heterocycles. The molecule has 2 aliphatic carbocycles. The Morgan fingerprint density at radius 2 is 1.42 bits per heavy atom. The van der Waals surface area contributed by atoms with E-state index in [1.54, 1.807) is 0 Å². The fraction of sp³-hybridized carbons (Fsp3) is 0.750. The van der Waals surface area contributed by atoms with Crippen molar-refractivity contribution in [2.45, 2.75) is 69.9 Å². The van der Waals surface area contributed by atoms with E-state index in [0.29, 0.717) is 30.8 Å². The highest BCUT2D eigenvalue weighted by molar-refractivity contribution is 6.28. The average molecular weight is 354 g/mol. The lowest BCUT2D eigenvalue weighted by Crippen LogP contribution is -2.30. The third kappa shape index (κ3) is 4.69. The molecule has 0 bridgehead atoms. The Kier molecular flexibility index (Phi) is 5.71. The summed E-state index contributed by atoms with van der Waals surface area (Å²) in [5, 5.41) is 15.9. The molecule has 0 radical (unpaired) electrons. The maximum absolute atomic E-state index is 11.0. The molecule has 2 saturated carbocycles. The number of rotatable bonds is 5. The summed E-state index contributed by atoms with van der Waals surface area (Å²) >= 11 is 6.03. The normalized spacial score (nSPS) is 25.2. The van der Waals surface area contributed by atoms with Crippen molar-refractivity contribution < 1.29 is 9.90 Å². The van der Waals surface area contributed by atoms with Gasteiger partial charge in [0.2, 0.25) is 17.2 Å². The van der Waals surface area contributed by atoms with E-state index in [0.717, 1.165) is 25.7 Å². The van der Waals surface area contributed by atoms with Gasteiger partial charge in [-0.05, 0) is 50.1 Å². The van der Waals surface area contributed by atoms with Crippen LogP contribution < -0.4 is 10.6 Å². The molecular formula is C16H24ClN5O2. The van der Waals surface area contributed by atoms with Crippen LogP contribution in [0, 0.1) is 5.92 Å². The minimum atomic E-state index is -0.698. The predicted molar refractivity (Wildman–Crippen MR) is 92.3 cm³/mol. The second kappa shape index (κ2) is 7.96. The van der Waals surface area contributed by atoms with E-state index < -0.39 is 5.97 Å². The van der Waals surface area contributed by atoms with E-state index in [1.165, 1.54) is 19.3 Å². The molecule has 0 amide bonds. The van der Waals surface area contributed by atoms with Gasteiger partial charge in [0, 0.05) is 12.1 Å². The van der Waals surface area contributed by atoms with E-state index >= 15 is 0 Å². The molecule has 8 heteroatoms. The highest BCUT2D eigenvalue weighted by Gasteiger charge is 2.26. The van der Waals surface area contributed by atoms with Crippen molar-refractivity contribution in [3.8, 4) is 0 Å². The van der Waals surface area contributed by atoms with Gasteiger partial charge in [0.25, 0.3) is 0 Å². The number of nitrogens with one attached hydrogen (secondary N) is 2. The van der Waals surface area contributed by atoms with Crippen LogP contribution in [0.4, 0.5) is 11.9 Å². The molecule has 0 spiro atoms. The Morgan fingerprint density at radius 3 is 1.96 bits per heavy atom. The van der Waals surface area contributed by atoms with E-state index in [9.17, 15) is 4.79 Å². The second-order valence-corrected chi connectivity index (χ2v) is 7.10. The number of nitrogens with zero attached hydrogens (tertiary/aromatic N) is 3. The molecular weight excluding hydrogens is 330 g/mol. The van der Waals surface area contributed by atoms with Crippen molar-refractivity contribution in [3.05, 3.63) is 5.28 Å². The zero-order valence-corrected chi connectivity index (χ0v) is 14.4. The Hall–Kier alpha value is -1.63. The Morgan fingerprint density at radius 1 is 0.875 bits per heavy atom. The Labute approximate surface area is 146 Å². The summed E-state index contributed by atoms with van der Waals surface area (Å²) in [6.07, 6.45) is 8.97. The maximum atomic E-state index is 11.0. The minimum absolute atomic E-state index is 0.171. The summed E-state index contributed by atoms with van der Waals surface area (Å²) in [6.45, 7) is 0. The van der Waals surface area contributed by atoms with Crippen LogP contribution >= 0.6 is 11.6 Å². The van der Waals surface area contributed by atoms with Gasteiger partial charge in [0.15, 0.2) is 0 Å². The molecule has 132 valence electrons. The van der Waals surface area contributed by atoms with Crippen molar-refractivity contribution >= 4 is 29.5 Å². The number of carboxylic acids is 1. The standard InChI is InChI=1S/C16H24ClN5O2/c17-14-20-15(18-11-4-2-1-3-5-11)22-16(21-14)19-12-8-6-10(7-9-12)13(23)24/h10-12H,1-9H2,(H,23,24)(H2,18,19,20,21,22). The number of anilines is 2. The van der Waals surface area contributed by atoms with Gasteiger partial charge in [-0.25, -0.2) is 0 Å². The highest BCUT2D eigenvalue weighted by Crippen LogP contribution is 2.27. The molecule has 7 nitrogen and oxygen atoms in total. The summed E-state index contributed by atoms with van der Waals surface area (Å²) in [7, 11) is 0. The van der Waals surface area contributed by atoms with E-state index in [2.05, 4.69) is 25.6 Å². The smallest absolute Gasteiger partial charge is 0.306 e. The molecule has 3 N–H and O–H groups in total. The summed E-state index contributed by atoms with van der Waals surface area (Å²) in [5.41, 5.74) is 0. The van der Waals surface area contributed by atoms with Crippen LogP contribution in [-0.4, -0.2) is 38.1 Å². The fourth-order valence-electron chi connectivity index (χ4n) is 3.58. The van der Waals surface area contributed by atoms with Gasteiger partial charge < -0.3 is 15.7 Å². The summed E-state index contributed by atoms with van der Waals surface area (Å²) in [4.78, 5) is 23.8. The van der Waals surface area contributed by atoms with Crippen LogP contribution in [0.3, 0.4) is 0 Å². The number of carboxylic acid groups (broad SMARTS) is 1. The van der Waals surface area contributed by atoms with Crippen molar-refractivity contribution in [1.29, 1.82) is 0 Å². The van der Waals surface area contributed by atoms with Crippen LogP contribution in [0.1, 0.15) is 57.8 Å². The van der Waals surface area contributed by atoms with Crippen LogP contribution in [0.25, 0.3) is 0 Å². The maximum Gasteiger partial charge on any atom is 0.306 e. The highest BCUT2D eigenvalue weighted by atomic mass is 35.5. The van der Waals surface area contributed by atoms with Gasteiger partial charge in [-0.1, -0.05) is 19.3 Å². The monoisotopic (exact) mass is 353 g/mol. The van der Waals surface area contributed by atoms with Crippen molar-refractivity contribution in [3.63, 3.8) is 0 Å². The minimum Gasteiger partial charge on any atom is -0.481 e. The Balaban J connectivity index is 1.58. The molecule has 0 unspecified atom stereocenters. The van der Waals surface area contributed by atoms with Crippen LogP contribution in [0.2, 0.25) is 5.28 Å². The number of aromatic nitrogens is 3. The Bertz CT molecular complexity index is 572. The molecule has 0 saturated heterocycles. The second-order valence-electron chi connectivity index (χ2n) is 6.76. The number of hydrogen-bond acceptors (Lipinski definition) is 6. The first-order valence-electron chi connectivity index (χ1n) is 8.77. The third-order valence-electron chi connectivity index (χ3n) is 4.96.